The molecular formula is C49H83NO18. The van der Waals surface area contributed by atoms with Gasteiger partial charge in [0.15, 0.2) is 43.1 Å². The summed E-state index contributed by atoms with van der Waals surface area (Å²) in [7, 11) is 0. The Morgan fingerprint density at radius 3 is 1.04 bits per heavy atom. The van der Waals surface area contributed by atoms with Crippen molar-refractivity contribution in [1.29, 1.82) is 0 Å². The van der Waals surface area contributed by atoms with Gasteiger partial charge in [0.05, 0.1) is 6.61 Å². The van der Waals surface area contributed by atoms with Crippen molar-refractivity contribution in [1.82, 2.24) is 0 Å². The molecular weight excluding hydrogens is 891 g/mol. The molecule has 2 unspecified atom stereocenters. The molecule has 0 spiro atoms. The van der Waals surface area contributed by atoms with E-state index in [0.717, 1.165) is 0 Å². The predicted octanol–water partition coefficient (Wildman–Crippen LogP) is 6.77. The summed E-state index contributed by atoms with van der Waals surface area (Å²) in [6, 6.07) is 0. The molecule has 19 heteroatoms. The molecule has 0 bridgehead atoms. The number of unbranched alkanes of at least 4 members (excludes halogenated alkanes) is 7. The Morgan fingerprint density at radius 2 is 0.676 bits per heavy atom. The Balaban J connectivity index is 2.97. The molecule has 2 fully saturated rings. The van der Waals surface area contributed by atoms with E-state index in [4.69, 9.17) is 57.8 Å². The quantitative estimate of drug-likeness (QED) is 0.0508. The molecule has 392 valence electrons. The Hall–Kier alpha value is -3.91. The molecule has 2 heterocycles. The number of nitrogens with two attached hydrogens (primary N) is 1. The molecule has 0 saturated carbocycles. The third kappa shape index (κ3) is 22.2. The summed E-state index contributed by atoms with van der Waals surface area (Å²) in [5, 5.41) is 0. The van der Waals surface area contributed by atoms with Crippen LogP contribution in [-0.4, -0.2) is 130 Å². The van der Waals surface area contributed by atoms with Crippen LogP contribution in [0.4, 0.5) is 0 Å². The van der Waals surface area contributed by atoms with Crippen LogP contribution in [0.25, 0.3) is 0 Å². The van der Waals surface area contributed by atoms with Crippen LogP contribution in [0.5, 0.6) is 0 Å². The summed E-state index contributed by atoms with van der Waals surface area (Å²) in [5.41, 5.74) is 5.84. The number of carbonyl (C=O) groups is 7. The van der Waals surface area contributed by atoms with Gasteiger partial charge in [0.2, 0.25) is 0 Å². The smallest absolute Gasteiger partial charge is 0.306 e. The summed E-state index contributed by atoms with van der Waals surface area (Å²) in [6.07, 6.45) is -7.33. The Labute approximate surface area is 403 Å². The van der Waals surface area contributed by atoms with Gasteiger partial charge in [0.1, 0.15) is 31.5 Å². The van der Waals surface area contributed by atoms with E-state index in [1.54, 1.807) is 0 Å². The zero-order valence-corrected chi connectivity index (χ0v) is 41.9. The summed E-state index contributed by atoms with van der Waals surface area (Å²) in [4.78, 5) is 94.2. The molecule has 0 radical (unpaired) electrons. The average Bonchev–Trinajstić information content (AvgIpc) is 3.32. The molecule has 10 atom stereocenters. The molecule has 0 amide bonds. The van der Waals surface area contributed by atoms with Gasteiger partial charge in [-0.25, -0.2) is 0 Å². The Bertz CT molecular complexity index is 1490. The van der Waals surface area contributed by atoms with Gasteiger partial charge in [0.25, 0.3) is 0 Å². The first-order chi connectivity index (χ1) is 32.8. The SMILES string of the molecule is CCCCC(=O)OC[C@H]1OC(O[C@H]2[C@H](OC(=O)CCCC)[C@@H](OC(=O)CCCC)C(OCCN)O[C@@H]2COC(=O)CCCC)[C@H](OC(=O)CCCC)[C@@H](OC(=O)CCCC)[C@H]1OC(=O)CCCC. The Kier molecular flexibility index (Phi) is 31.2. The largest absolute Gasteiger partial charge is 0.463 e. The molecule has 0 aliphatic carbocycles. The summed E-state index contributed by atoms with van der Waals surface area (Å²) < 4.78 is 67.7. The first-order valence-electron chi connectivity index (χ1n) is 25.4. The lowest BCUT2D eigenvalue weighted by atomic mass is 9.95. The zero-order chi connectivity index (χ0) is 50.3. The third-order valence-corrected chi connectivity index (χ3v) is 11.2. The lowest BCUT2D eigenvalue weighted by molar-refractivity contribution is -0.361. The van der Waals surface area contributed by atoms with Gasteiger partial charge in [0, 0.05) is 51.5 Å². The van der Waals surface area contributed by atoms with Gasteiger partial charge in [-0.3, -0.25) is 33.6 Å². The molecule has 2 aliphatic rings. The zero-order valence-electron chi connectivity index (χ0n) is 41.9. The number of rotatable bonds is 35. The molecule has 68 heavy (non-hydrogen) atoms. The second kappa shape index (κ2) is 35.2. The van der Waals surface area contributed by atoms with Crippen molar-refractivity contribution in [2.75, 3.05) is 26.4 Å². The monoisotopic (exact) mass is 974 g/mol. The van der Waals surface area contributed by atoms with E-state index in [-0.39, 0.29) is 58.1 Å². The third-order valence-electron chi connectivity index (χ3n) is 11.2. The van der Waals surface area contributed by atoms with Crippen LogP contribution in [0, 0.1) is 0 Å². The molecule has 2 rings (SSSR count). The van der Waals surface area contributed by atoms with Crippen LogP contribution in [0.15, 0.2) is 0 Å². The van der Waals surface area contributed by atoms with E-state index in [9.17, 15) is 33.6 Å². The maximum absolute atomic E-state index is 13.7. The lowest BCUT2D eigenvalue weighted by Gasteiger charge is -2.49. The molecule has 2 saturated heterocycles. The van der Waals surface area contributed by atoms with Gasteiger partial charge < -0.3 is 57.8 Å². The van der Waals surface area contributed by atoms with E-state index in [2.05, 4.69) is 0 Å². The van der Waals surface area contributed by atoms with Crippen LogP contribution in [-0.2, 0) is 85.7 Å². The van der Waals surface area contributed by atoms with E-state index < -0.39 is 116 Å². The van der Waals surface area contributed by atoms with E-state index in [1.807, 2.05) is 48.5 Å². The number of carbonyl (C=O) groups excluding carboxylic acids is 7. The topological polar surface area (TPSA) is 247 Å². The van der Waals surface area contributed by atoms with E-state index in [0.29, 0.717) is 89.9 Å². The number of esters is 7. The fourth-order valence-corrected chi connectivity index (χ4v) is 7.23. The fourth-order valence-electron chi connectivity index (χ4n) is 7.23. The number of ether oxygens (including phenoxy) is 11. The van der Waals surface area contributed by atoms with Crippen LogP contribution in [0.3, 0.4) is 0 Å². The second-order valence-electron chi connectivity index (χ2n) is 17.2. The van der Waals surface area contributed by atoms with Crippen molar-refractivity contribution in [2.45, 2.75) is 245 Å². The highest BCUT2D eigenvalue weighted by molar-refractivity contribution is 5.73. The number of hydrogen-bond acceptors (Lipinski definition) is 19. The van der Waals surface area contributed by atoms with E-state index in [1.165, 1.54) is 0 Å². The van der Waals surface area contributed by atoms with Crippen LogP contribution in [0.2, 0.25) is 0 Å². The molecule has 0 aromatic heterocycles. The highest BCUT2D eigenvalue weighted by atomic mass is 16.8. The molecule has 0 aromatic carbocycles. The Morgan fingerprint density at radius 1 is 0.382 bits per heavy atom. The van der Waals surface area contributed by atoms with Crippen LogP contribution in [0.1, 0.15) is 183 Å². The summed E-state index contributed by atoms with van der Waals surface area (Å²) in [5.74, 6) is -4.60. The minimum Gasteiger partial charge on any atom is -0.463 e. The van der Waals surface area contributed by atoms with Crippen molar-refractivity contribution in [2.24, 2.45) is 5.73 Å². The second-order valence-corrected chi connectivity index (χ2v) is 17.2. The van der Waals surface area contributed by atoms with Crippen molar-refractivity contribution in [3.05, 3.63) is 0 Å². The normalized spacial score (nSPS) is 24.6. The standard InChI is InChI=1S/C49H83NO18/c1-8-15-22-35(51)59-31-33-42(63-37(53)24-17-10-3)44(64-38(54)25-18-11-4)47(67-41(57)28-21-14-7)49(62-33)68-43-34(32-60-36(52)23-16-9-2)61-48(58-30-29-50)46(66-40(56)27-20-13-6)45(43)65-39(55)26-19-12-5/h33-34,42-49H,8-32,50H2,1-7H3/t33-,34-,42+,43-,44+,45+,46-,47-,48?,49?/m1/s1. The van der Waals surface area contributed by atoms with Gasteiger partial charge in [-0.05, 0) is 44.9 Å². The lowest BCUT2D eigenvalue weighted by Crippen LogP contribution is -2.67. The minimum absolute atomic E-state index is 0.000720. The molecule has 2 N–H and O–H groups in total. The summed E-state index contributed by atoms with van der Waals surface area (Å²) >= 11 is 0. The minimum atomic E-state index is -1.78. The van der Waals surface area contributed by atoms with Crippen LogP contribution < -0.4 is 5.73 Å². The molecule has 2 aliphatic heterocycles. The first kappa shape index (κ1) is 60.2. The maximum Gasteiger partial charge on any atom is 0.306 e. The van der Waals surface area contributed by atoms with Gasteiger partial charge in [-0.15, -0.1) is 0 Å². The molecule has 0 aromatic rings. The van der Waals surface area contributed by atoms with Crippen molar-refractivity contribution < 1.29 is 85.7 Å². The number of hydrogen-bond donors (Lipinski definition) is 1. The van der Waals surface area contributed by atoms with Gasteiger partial charge >= 0.3 is 41.8 Å². The van der Waals surface area contributed by atoms with Crippen LogP contribution >= 0.6 is 0 Å². The van der Waals surface area contributed by atoms with Crippen molar-refractivity contribution in [3.63, 3.8) is 0 Å². The fraction of sp³-hybridized carbons (Fsp3) is 0.857. The summed E-state index contributed by atoms with van der Waals surface area (Å²) in [6.45, 7) is 12.2. The highest BCUT2D eigenvalue weighted by Crippen LogP contribution is 2.36. The van der Waals surface area contributed by atoms with E-state index >= 15 is 0 Å². The van der Waals surface area contributed by atoms with Crippen molar-refractivity contribution in [3.8, 4) is 0 Å². The molecule has 19 nitrogen and oxygen atoms in total. The van der Waals surface area contributed by atoms with Gasteiger partial charge in [-0.2, -0.15) is 0 Å². The van der Waals surface area contributed by atoms with Gasteiger partial charge in [-0.1, -0.05) is 93.4 Å². The average molecular weight is 974 g/mol. The van der Waals surface area contributed by atoms with Crippen molar-refractivity contribution >= 4 is 41.8 Å². The maximum atomic E-state index is 13.7. The highest BCUT2D eigenvalue weighted by Gasteiger charge is 2.58. The first-order valence-corrected chi connectivity index (χ1v) is 25.4. The predicted molar refractivity (Wildman–Crippen MR) is 245 cm³/mol.